The van der Waals surface area contributed by atoms with Crippen LogP contribution in [0.2, 0.25) is 0 Å². The van der Waals surface area contributed by atoms with Crippen LogP contribution >= 0.6 is 0 Å². The topological polar surface area (TPSA) is 247 Å². The zero-order valence-corrected chi connectivity index (χ0v) is 43.4. The van der Waals surface area contributed by atoms with E-state index in [1.54, 1.807) is 38.1 Å². The van der Waals surface area contributed by atoms with E-state index in [0.717, 1.165) is 6.08 Å². The highest BCUT2D eigenvalue weighted by atomic mass is 16.6. The second-order valence-corrected chi connectivity index (χ2v) is 17.0. The van der Waals surface area contributed by atoms with Gasteiger partial charge in [-0.25, -0.2) is 24.0 Å². The molecule has 0 saturated heterocycles. The molecule has 20 nitrogen and oxygen atoms in total. The monoisotopic (exact) mass is 1070 g/mol. The fourth-order valence-corrected chi connectivity index (χ4v) is 7.36. The summed E-state index contributed by atoms with van der Waals surface area (Å²) in [6.45, 7) is 10.3. The molecule has 20 heteroatoms. The van der Waals surface area contributed by atoms with Crippen molar-refractivity contribution in [3.63, 3.8) is 0 Å². The van der Waals surface area contributed by atoms with Crippen LogP contribution in [0.3, 0.4) is 0 Å². The van der Waals surface area contributed by atoms with Crippen molar-refractivity contribution in [2.45, 2.75) is 72.1 Å². The Balaban J connectivity index is 1.17. The molecule has 0 aliphatic heterocycles. The van der Waals surface area contributed by atoms with Crippen LogP contribution in [0.1, 0.15) is 114 Å². The molecule has 0 heterocycles. The predicted molar refractivity (Wildman–Crippen MR) is 273 cm³/mol. The minimum atomic E-state index is -0.861. The molecule has 77 heavy (non-hydrogen) atoms. The maximum Gasteiger partial charge on any atom is 0.343 e. The Hall–Kier alpha value is -8.10. The molecule has 0 bridgehead atoms. The average molecular weight is 1070 g/mol. The molecule has 0 aromatic heterocycles. The smallest absolute Gasteiger partial charge is 0.343 e. The first-order valence-electron chi connectivity index (χ1n) is 25.3. The number of carbonyl (C=O) groups is 8. The van der Waals surface area contributed by atoms with Crippen LogP contribution in [0.5, 0.6) is 34.5 Å². The minimum absolute atomic E-state index is 0.0271. The third kappa shape index (κ3) is 20.5. The number of hydrogen-bond donors (Lipinski definition) is 0. The summed E-state index contributed by atoms with van der Waals surface area (Å²) in [5.41, 5.74) is 0.0127. The lowest BCUT2D eigenvalue weighted by molar-refractivity contribution is -0.145. The number of benzene rings is 4. The van der Waals surface area contributed by atoms with Gasteiger partial charge in [0.05, 0.1) is 62.6 Å². The van der Waals surface area contributed by atoms with E-state index < -0.39 is 53.6 Å². The normalized spacial score (nSPS) is 13.7. The molecule has 0 spiro atoms. The summed E-state index contributed by atoms with van der Waals surface area (Å²) >= 11 is 0. The zero-order chi connectivity index (χ0) is 55.4. The average Bonchev–Trinajstić information content (AvgIpc) is 3.44. The van der Waals surface area contributed by atoms with E-state index in [-0.39, 0.29) is 110 Å². The van der Waals surface area contributed by atoms with Gasteiger partial charge in [-0.1, -0.05) is 6.58 Å². The van der Waals surface area contributed by atoms with Crippen LogP contribution in [0, 0.1) is 11.8 Å². The molecule has 0 radical (unpaired) electrons. The number of carbonyl (C=O) groups excluding carboxylic acids is 8. The Morgan fingerprint density at radius 3 is 1.23 bits per heavy atom. The molecular formula is C57H64O20. The van der Waals surface area contributed by atoms with E-state index in [2.05, 4.69) is 6.58 Å². The number of unbranched alkanes of at least 4 members (excludes halogenated alkanes) is 2. The summed E-state index contributed by atoms with van der Waals surface area (Å²) in [5, 5.41) is 0. The molecule has 0 amide bonds. The maximum absolute atomic E-state index is 13.6. The number of esters is 8. The van der Waals surface area contributed by atoms with E-state index in [9.17, 15) is 38.4 Å². The van der Waals surface area contributed by atoms with Gasteiger partial charge in [-0.15, -0.1) is 0 Å². The van der Waals surface area contributed by atoms with E-state index in [1.807, 2.05) is 0 Å². The van der Waals surface area contributed by atoms with Gasteiger partial charge < -0.3 is 56.8 Å². The van der Waals surface area contributed by atoms with E-state index in [4.69, 9.17) is 56.8 Å². The van der Waals surface area contributed by atoms with Crippen molar-refractivity contribution >= 4 is 47.8 Å². The molecule has 1 aliphatic rings. The molecule has 1 fully saturated rings. The molecule has 412 valence electrons. The zero-order valence-electron chi connectivity index (χ0n) is 43.4. The van der Waals surface area contributed by atoms with Gasteiger partial charge in [0.25, 0.3) is 0 Å². The first-order chi connectivity index (χ1) is 37.3. The second kappa shape index (κ2) is 32.4. The van der Waals surface area contributed by atoms with Crippen molar-refractivity contribution in [1.82, 2.24) is 0 Å². The molecular weight excluding hydrogens is 1000 g/mol. The lowest BCUT2D eigenvalue weighted by atomic mass is 9.82. The Bertz CT molecular complexity index is 2620. The van der Waals surface area contributed by atoms with Gasteiger partial charge in [-0.05, 0) is 150 Å². The molecule has 4 aromatic carbocycles. The van der Waals surface area contributed by atoms with Crippen LogP contribution in [0.25, 0.3) is 0 Å². The highest BCUT2D eigenvalue weighted by Gasteiger charge is 2.34. The maximum atomic E-state index is 13.6. The van der Waals surface area contributed by atoms with Gasteiger partial charge in [0.2, 0.25) is 0 Å². The Kier molecular flexibility index (Phi) is 25.1. The van der Waals surface area contributed by atoms with Crippen molar-refractivity contribution in [3.8, 4) is 34.5 Å². The second-order valence-electron chi connectivity index (χ2n) is 17.0. The summed E-state index contributed by atoms with van der Waals surface area (Å²) in [5.74, 6) is -6.03. The third-order valence-corrected chi connectivity index (χ3v) is 11.4. The van der Waals surface area contributed by atoms with Crippen LogP contribution in [0.15, 0.2) is 97.6 Å². The van der Waals surface area contributed by atoms with Crippen LogP contribution < -0.4 is 28.4 Å². The SMILES string of the molecule is C=CC(=O)OCCCCOc1ccc(C(=O)Oc2ccc(OC(=O)C3CCC(C(=O)Oc4ccc(OC(=O)c5ccc(OCCCCOC(C)=O)cc5)cc4C(=O)OCCOCC)CC3)c(C(=O)OCCOCC)c2)cc1. The molecule has 1 aliphatic carbocycles. The summed E-state index contributed by atoms with van der Waals surface area (Å²) in [6, 6.07) is 20.3. The quantitative estimate of drug-likeness (QED) is 0.0151. The largest absolute Gasteiger partial charge is 0.494 e. The first kappa shape index (κ1) is 59.8. The molecule has 4 aromatic rings. The number of rotatable bonds is 31. The Morgan fingerprint density at radius 2 is 0.844 bits per heavy atom. The highest BCUT2D eigenvalue weighted by molar-refractivity contribution is 5.97. The summed E-state index contributed by atoms with van der Waals surface area (Å²) in [7, 11) is 0. The fraction of sp³-hybridized carbons (Fsp3) is 0.404. The van der Waals surface area contributed by atoms with Crippen molar-refractivity contribution in [2.75, 3.05) is 66.1 Å². The standard InChI is InChI=1S/C57H64O20/c1-5-51(59)71-31-11-10-30-70-44-22-18-42(19-23-44)53(61)75-46-25-27-50(48(37-46)57(65)73-35-33-67-7-3)77-55(63)40-14-12-39(13-15-40)54(62)76-49-26-24-45(36-47(49)56(64)72-34-32-66-6-2)74-52(60)41-16-20-43(21-17-41)69-29-9-8-28-68-38(4)58/h5,16-27,36-37,39-40H,1,6-15,28-35H2,2-4H3. The van der Waals surface area contributed by atoms with Crippen molar-refractivity contribution < 1.29 is 95.2 Å². The Morgan fingerprint density at radius 1 is 0.455 bits per heavy atom. The highest BCUT2D eigenvalue weighted by Crippen LogP contribution is 2.34. The molecule has 0 N–H and O–H groups in total. The lowest BCUT2D eigenvalue weighted by Gasteiger charge is -2.26. The van der Waals surface area contributed by atoms with E-state index in [1.165, 1.54) is 67.6 Å². The van der Waals surface area contributed by atoms with Gasteiger partial charge in [0.1, 0.15) is 58.8 Å². The van der Waals surface area contributed by atoms with Gasteiger partial charge in [-0.3, -0.25) is 14.4 Å². The summed E-state index contributed by atoms with van der Waals surface area (Å²) < 4.78 is 65.3. The third-order valence-electron chi connectivity index (χ3n) is 11.4. The van der Waals surface area contributed by atoms with Crippen molar-refractivity contribution in [2.24, 2.45) is 11.8 Å². The Labute approximate surface area is 446 Å². The lowest BCUT2D eigenvalue weighted by Crippen LogP contribution is -2.31. The molecule has 0 atom stereocenters. The molecule has 0 unspecified atom stereocenters. The molecule has 5 rings (SSSR count). The van der Waals surface area contributed by atoms with E-state index >= 15 is 0 Å². The van der Waals surface area contributed by atoms with Crippen LogP contribution in [-0.4, -0.2) is 114 Å². The van der Waals surface area contributed by atoms with Gasteiger partial charge in [-0.2, -0.15) is 0 Å². The van der Waals surface area contributed by atoms with Crippen molar-refractivity contribution in [3.05, 3.63) is 120 Å². The summed E-state index contributed by atoms with van der Waals surface area (Å²) in [4.78, 5) is 102. The summed E-state index contributed by atoms with van der Waals surface area (Å²) in [6.07, 6.45) is 4.44. The first-order valence-corrected chi connectivity index (χ1v) is 25.3. The van der Waals surface area contributed by atoms with Crippen LogP contribution in [-0.2, 0) is 47.6 Å². The van der Waals surface area contributed by atoms with Crippen LogP contribution in [0.4, 0.5) is 0 Å². The fourth-order valence-electron chi connectivity index (χ4n) is 7.36. The van der Waals surface area contributed by atoms with E-state index in [0.29, 0.717) is 70.2 Å². The van der Waals surface area contributed by atoms with Gasteiger partial charge >= 0.3 is 47.8 Å². The van der Waals surface area contributed by atoms with Gasteiger partial charge in [0, 0.05) is 26.2 Å². The predicted octanol–water partition coefficient (Wildman–Crippen LogP) is 8.44. The number of ether oxygens (including phenoxy) is 12. The number of hydrogen-bond acceptors (Lipinski definition) is 20. The van der Waals surface area contributed by atoms with Gasteiger partial charge in [0.15, 0.2) is 0 Å². The van der Waals surface area contributed by atoms with Crippen molar-refractivity contribution in [1.29, 1.82) is 0 Å². The minimum Gasteiger partial charge on any atom is -0.494 e. The molecule has 1 saturated carbocycles.